The largest absolute Gasteiger partial charge is 0.494 e. The summed E-state index contributed by atoms with van der Waals surface area (Å²) >= 11 is 0. The van der Waals surface area contributed by atoms with Crippen molar-refractivity contribution in [3.8, 4) is 5.75 Å². The highest BCUT2D eigenvalue weighted by Gasteiger charge is 2.28. The second-order valence-electron chi connectivity index (χ2n) is 5.33. The molecule has 0 amide bonds. The van der Waals surface area contributed by atoms with E-state index in [1.165, 1.54) is 13.2 Å². The van der Waals surface area contributed by atoms with Crippen LogP contribution in [0.25, 0.3) is 0 Å². The second kappa shape index (κ2) is 6.02. The Morgan fingerprint density at radius 3 is 2.58 bits per heavy atom. The summed E-state index contributed by atoms with van der Waals surface area (Å²) in [6.07, 6.45) is 0. The second-order valence-corrected chi connectivity index (χ2v) is 5.33. The number of nitrogens with zero attached hydrogens (tertiary/aromatic N) is 1. The van der Waals surface area contributed by atoms with E-state index in [1.807, 2.05) is 11.9 Å². The maximum Gasteiger partial charge on any atom is 0.310 e. The van der Waals surface area contributed by atoms with Crippen LogP contribution in [0.1, 0.15) is 19.4 Å². The molecule has 1 aromatic rings. The van der Waals surface area contributed by atoms with Crippen LogP contribution in [-0.4, -0.2) is 36.7 Å². The Bertz CT molecular complexity index is 460. The number of benzene rings is 1. The molecule has 0 atom stereocenters. The molecule has 0 aliphatic rings. The number of methoxy groups -OCH3 is 1. The number of halogens is 1. The number of carboxylic acids is 1. The number of carboxylic acid groups (broad SMARTS) is 1. The molecular formula is C14H20FNO3. The van der Waals surface area contributed by atoms with Gasteiger partial charge in [0.2, 0.25) is 0 Å². The van der Waals surface area contributed by atoms with Crippen LogP contribution in [0, 0.1) is 11.2 Å². The first-order valence-corrected chi connectivity index (χ1v) is 6.00. The molecule has 19 heavy (non-hydrogen) atoms. The van der Waals surface area contributed by atoms with Crippen LogP contribution in [-0.2, 0) is 11.3 Å². The number of aliphatic carboxylic acids is 1. The lowest BCUT2D eigenvalue weighted by Crippen LogP contribution is -2.36. The standard InChI is InChI=1S/C14H20FNO3/c1-14(2,13(17)18)9-16(3)8-10-5-6-12(19-4)11(15)7-10/h5-7H,8-9H2,1-4H3,(H,17,18). The van der Waals surface area contributed by atoms with Crippen molar-refractivity contribution in [2.75, 3.05) is 20.7 Å². The van der Waals surface area contributed by atoms with E-state index in [2.05, 4.69) is 0 Å². The normalized spacial score (nSPS) is 11.7. The van der Waals surface area contributed by atoms with Crippen molar-refractivity contribution in [2.24, 2.45) is 5.41 Å². The summed E-state index contributed by atoms with van der Waals surface area (Å²) in [5.41, 5.74) is -0.0539. The molecule has 106 valence electrons. The number of carbonyl (C=O) groups is 1. The first-order valence-electron chi connectivity index (χ1n) is 6.00. The van der Waals surface area contributed by atoms with Crippen LogP contribution in [0.5, 0.6) is 5.75 Å². The summed E-state index contributed by atoms with van der Waals surface area (Å²) in [5, 5.41) is 9.07. The number of hydrogen-bond acceptors (Lipinski definition) is 3. The Kier molecular flexibility index (Phi) is 4.89. The van der Waals surface area contributed by atoms with Crippen molar-refractivity contribution < 1.29 is 19.0 Å². The predicted octanol–water partition coefficient (Wildman–Crippen LogP) is 2.38. The molecule has 4 nitrogen and oxygen atoms in total. The van der Waals surface area contributed by atoms with Gasteiger partial charge in [-0.3, -0.25) is 4.79 Å². The molecule has 0 saturated carbocycles. The van der Waals surface area contributed by atoms with Gasteiger partial charge in [0.15, 0.2) is 11.6 Å². The monoisotopic (exact) mass is 269 g/mol. The topological polar surface area (TPSA) is 49.8 Å². The van der Waals surface area contributed by atoms with E-state index in [4.69, 9.17) is 9.84 Å². The number of rotatable bonds is 6. The van der Waals surface area contributed by atoms with E-state index in [1.54, 1.807) is 26.0 Å². The van der Waals surface area contributed by atoms with Crippen LogP contribution < -0.4 is 4.74 Å². The van der Waals surface area contributed by atoms with Gasteiger partial charge >= 0.3 is 5.97 Å². The lowest BCUT2D eigenvalue weighted by molar-refractivity contribution is -0.147. The SMILES string of the molecule is COc1ccc(CN(C)CC(C)(C)C(=O)O)cc1F. The maximum absolute atomic E-state index is 13.5. The maximum atomic E-state index is 13.5. The first-order chi connectivity index (χ1) is 8.76. The molecule has 0 saturated heterocycles. The van der Waals surface area contributed by atoms with Gasteiger partial charge in [0.25, 0.3) is 0 Å². The summed E-state index contributed by atoms with van der Waals surface area (Å²) in [6.45, 7) is 4.20. The Morgan fingerprint density at radius 2 is 2.11 bits per heavy atom. The summed E-state index contributed by atoms with van der Waals surface area (Å²) in [6, 6.07) is 4.75. The van der Waals surface area contributed by atoms with E-state index >= 15 is 0 Å². The first kappa shape index (κ1) is 15.4. The highest BCUT2D eigenvalue weighted by Crippen LogP contribution is 2.21. The van der Waals surface area contributed by atoms with E-state index in [-0.39, 0.29) is 5.75 Å². The minimum absolute atomic E-state index is 0.206. The highest BCUT2D eigenvalue weighted by atomic mass is 19.1. The molecule has 1 aromatic carbocycles. The van der Waals surface area contributed by atoms with Crippen LogP contribution >= 0.6 is 0 Å². The van der Waals surface area contributed by atoms with Gasteiger partial charge in [0.1, 0.15) is 0 Å². The smallest absolute Gasteiger partial charge is 0.310 e. The van der Waals surface area contributed by atoms with Crippen molar-refractivity contribution in [2.45, 2.75) is 20.4 Å². The van der Waals surface area contributed by atoms with Gasteiger partial charge in [-0.15, -0.1) is 0 Å². The van der Waals surface area contributed by atoms with Crippen molar-refractivity contribution in [1.82, 2.24) is 4.90 Å². The molecule has 0 heterocycles. The van der Waals surface area contributed by atoms with Crippen LogP contribution in [0.2, 0.25) is 0 Å². The molecule has 0 aliphatic heterocycles. The van der Waals surface area contributed by atoms with Crippen molar-refractivity contribution in [3.63, 3.8) is 0 Å². The van der Waals surface area contributed by atoms with E-state index < -0.39 is 17.2 Å². The average Bonchev–Trinajstić information content (AvgIpc) is 2.28. The Balaban J connectivity index is 2.70. The van der Waals surface area contributed by atoms with E-state index in [0.29, 0.717) is 13.1 Å². The summed E-state index contributed by atoms with van der Waals surface area (Å²) < 4.78 is 18.4. The number of ether oxygens (including phenoxy) is 1. The zero-order chi connectivity index (χ0) is 14.6. The number of hydrogen-bond donors (Lipinski definition) is 1. The Morgan fingerprint density at radius 1 is 1.47 bits per heavy atom. The van der Waals surface area contributed by atoms with Gasteiger partial charge in [0.05, 0.1) is 12.5 Å². The summed E-state index contributed by atoms with van der Waals surface area (Å²) in [7, 11) is 3.23. The minimum atomic E-state index is -0.847. The fourth-order valence-corrected chi connectivity index (χ4v) is 1.92. The predicted molar refractivity (Wildman–Crippen MR) is 70.7 cm³/mol. The average molecular weight is 269 g/mol. The third kappa shape index (κ3) is 4.21. The quantitative estimate of drug-likeness (QED) is 0.861. The van der Waals surface area contributed by atoms with Crippen LogP contribution in [0.4, 0.5) is 4.39 Å². The highest BCUT2D eigenvalue weighted by molar-refractivity contribution is 5.73. The Labute approximate surface area is 112 Å². The molecule has 5 heteroatoms. The molecule has 0 spiro atoms. The molecule has 1 rings (SSSR count). The summed E-state index contributed by atoms with van der Waals surface area (Å²) in [4.78, 5) is 12.9. The lowest BCUT2D eigenvalue weighted by atomic mass is 9.93. The van der Waals surface area contributed by atoms with Gasteiger partial charge in [-0.1, -0.05) is 6.07 Å². The molecule has 0 unspecified atom stereocenters. The molecule has 1 N–H and O–H groups in total. The third-order valence-electron chi connectivity index (χ3n) is 2.91. The van der Waals surface area contributed by atoms with Gasteiger partial charge in [-0.2, -0.15) is 0 Å². The molecule has 0 bridgehead atoms. The zero-order valence-corrected chi connectivity index (χ0v) is 11.7. The zero-order valence-electron chi connectivity index (χ0n) is 11.7. The van der Waals surface area contributed by atoms with E-state index in [0.717, 1.165) is 5.56 Å². The van der Waals surface area contributed by atoms with Gasteiger partial charge < -0.3 is 14.7 Å². The van der Waals surface area contributed by atoms with Crippen LogP contribution in [0.15, 0.2) is 18.2 Å². The fourth-order valence-electron chi connectivity index (χ4n) is 1.92. The molecule has 0 fully saturated rings. The summed E-state index contributed by atoms with van der Waals surface area (Å²) in [5.74, 6) is -1.05. The fraction of sp³-hybridized carbons (Fsp3) is 0.500. The third-order valence-corrected chi connectivity index (χ3v) is 2.91. The van der Waals surface area contributed by atoms with Crippen molar-refractivity contribution >= 4 is 5.97 Å². The van der Waals surface area contributed by atoms with Gasteiger partial charge in [-0.25, -0.2) is 4.39 Å². The van der Waals surface area contributed by atoms with Crippen molar-refractivity contribution in [1.29, 1.82) is 0 Å². The molecular weight excluding hydrogens is 249 g/mol. The van der Waals surface area contributed by atoms with Crippen LogP contribution in [0.3, 0.4) is 0 Å². The molecule has 0 radical (unpaired) electrons. The molecule has 0 aromatic heterocycles. The van der Waals surface area contributed by atoms with Gasteiger partial charge in [-0.05, 0) is 38.6 Å². The Hall–Kier alpha value is -1.62. The van der Waals surface area contributed by atoms with Gasteiger partial charge in [0, 0.05) is 13.1 Å². The van der Waals surface area contributed by atoms with Crippen molar-refractivity contribution in [3.05, 3.63) is 29.6 Å². The minimum Gasteiger partial charge on any atom is -0.494 e. The van der Waals surface area contributed by atoms with E-state index in [9.17, 15) is 9.18 Å². The molecule has 0 aliphatic carbocycles. The lowest BCUT2D eigenvalue weighted by Gasteiger charge is -2.26.